The van der Waals surface area contributed by atoms with Gasteiger partial charge in [-0.1, -0.05) is 88.6 Å². The van der Waals surface area contributed by atoms with Crippen molar-refractivity contribution in [1.82, 2.24) is 0 Å². The van der Waals surface area contributed by atoms with E-state index in [0.717, 1.165) is 0 Å². The zero-order valence-corrected chi connectivity index (χ0v) is 12.7. The standard InChI is InChI=1S/C19H30/c1-2-3-4-5-10-15-19(16-11-7-12-17-19)18-13-8-6-9-14-18/h6,8-9,13-14H,2-5,7,10-12,15-17H2,1H3. The second-order valence-corrected chi connectivity index (χ2v) is 6.37. The van der Waals surface area contributed by atoms with Crippen LogP contribution in [0.4, 0.5) is 0 Å². The Kier molecular flexibility index (Phi) is 5.94. The monoisotopic (exact) mass is 258 g/mol. The lowest BCUT2D eigenvalue weighted by molar-refractivity contribution is 0.265. The first kappa shape index (κ1) is 14.6. The Morgan fingerprint density at radius 2 is 1.53 bits per heavy atom. The third-order valence-electron chi connectivity index (χ3n) is 4.96. The average Bonchev–Trinajstić information content (AvgIpc) is 2.49. The summed E-state index contributed by atoms with van der Waals surface area (Å²) in [6, 6.07) is 11.3. The molecule has 1 fully saturated rings. The van der Waals surface area contributed by atoms with Crippen molar-refractivity contribution in [2.24, 2.45) is 0 Å². The summed E-state index contributed by atoms with van der Waals surface area (Å²) in [6.45, 7) is 2.30. The van der Waals surface area contributed by atoms with Gasteiger partial charge in [0.15, 0.2) is 0 Å². The van der Waals surface area contributed by atoms with Crippen molar-refractivity contribution in [3.05, 3.63) is 35.9 Å². The SMILES string of the molecule is CCCCCCCC1(c2ccccc2)CCCCC1. The maximum atomic E-state index is 2.37. The van der Waals surface area contributed by atoms with Gasteiger partial charge in [0.25, 0.3) is 0 Å². The van der Waals surface area contributed by atoms with E-state index in [0.29, 0.717) is 5.41 Å². The molecule has 1 aliphatic carbocycles. The zero-order valence-electron chi connectivity index (χ0n) is 12.7. The van der Waals surface area contributed by atoms with Crippen LogP contribution in [0.1, 0.15) is 83.1 Å². The lowest BCUT2D eigenvalue weighted by Gasteiger charge is -2.38. The van der Waals surface area contributed by atoms with Crippen LogP contribution < -0.4 is 0 Å². The minimum atomic E-state index is 0.520. The van der Waals surface area contributed by atoms with Crippen LogP contribution in [-0.2, 0) is 5.41 Å². The second kappa shape index (κ2) is 7.72. The molecule has 1 aromatic carbocycles. The lowest BCUT2D eigenvalue weighted by Crippen LogP contribution is -2.29. The molecule has 0 heterocycles. The van der Waals surface area contributed by atoms with Gasteiger partial charge < -0.3 is 0 Å². The molecule has 0 N–H and O–H groups in total. The average molecular weight is 258 g/mol. The summed E-state index contributed by atoms with van der Waals surface area (Å²) in [5.41, 5.74) is 2.14. The van der Waals surface area contributed by atoms with Crippen molar-refractivity contribution in [3.8, 4) is 0 Å². The summed E-state index contributed by atoms with van der Waals surface area (Å²) in [4.78, 5) is 0. The van der Waals surface area contributed by atoms with Crippen LogP contribution >= 0.6 is 0 Å². The molecule has 0 nitrogen and oxygen atoms in total. The Morgan fingerprint density at radius 3 is 2.21 bits per heavy atom. The number of unbranched alkanes of at least 4 members (excludes halogenated alkanes) is 4. The lowest BCUT2D eigenvalue weighted by atomic mass is 9.66. The van der Waals surface area contributed by atoms with E-state index in [4.69, 9.17) is 0 Å². The van der Waals surface area contributed by atoms with Crippen LogP contribution in [0.25, 0.3) is 0 Å². The minimum Gasteiger partial charge on any atom is -0.0654 e. The molecular formula is C19H30. The van der Waals surface area contributed by atoms with Crippen molar-refractivity contribution >= 4 is 0 Å². The van der Waals surface area contributed by atoms with E-state index in [1.54, 1.807) is 5.56 Å². The van der Waals surface area contributed by atoms with Crippen molar-refractivity contribution in [2.75, 3.05) is 0 Å². The fourth-order valence-corrected chi connectivity index (χ4v) is 3.77. The molecule has 0 aliphatic heterocycles. The third kappa shape index (κ3) is 4.09. The van der Waals surface area contributed by atoms with Gasteiger partial charge in [-0.25, -0.2) is 0 Å². The van der Waals surface area contributed by atoms with Crippen molar-refractivity contribution in [3.63, 3.8) is 0 Å². The highest BCUT2D eigenvalue weighted by Crippen LogP contribution is 2.43. The topological polar surface area (TPSA) is 0 Å². The molecule has 1 saturated carbocycles. The van der Waals surface area contributed by atoms with Gasteiger partial charge >= 0.3 is 0 Å². The van der Waals surface area contributed by atoms with E-state index in [1.807, 2.05) is 0 Å². The molecule has 1 aliphatic rings. The van der Waals surface area contributed by atoms with Gasteiger partial charge in [-0.15, -0.1) is 0 Å². The smallest absolute Gasteiger partial charge is 0.00470 e. The van der Waals surface area contributed by atoms with E-state index < -0.39 is 0 Å². The Bertz CT molecular complexity index is 332. The molecule has 0 atom stereocenters. The quantitative estimate of drug-likeness (QED) is 0.507. The van der Waals surface area contributed by atoms with Crippen LogP contribution in [0, 0.1) is 0 Å². The van der Waals surface area contributed by atoms with E-state index >= 15 is 0 Å². The molecule has 0 saturated heterocycles. The predicted octanol–water partition coefficient (Wildman–Crippen LogP) is 6.25. The van der Waals surface area contributed by atoms with E-state index in [2.05, 4.69) is 37.3 Å². The summed E-state index contributed by atoms with van der Waals surface area (Å²) in [5.74, 6) is 0. The molecule has 0 radical (unpaired) electrons. The summed E-state index contributed by atoms with van der Waals surface area (Å²) >= 11 is 0. The van der Waals surface area contributed by atoms with Crippen LogP contribution in [0.3, 0.4) is 0 Å². The zero-order chi connectivity index (χ0) is 13.4. The summed E-state index contributed by atoms with van der Waals surface area (Å²) in [5, 5.41) is 0. The molecule has 0 spiro atoms. The number of rotatable bonds is 7. The van der Waals surface area contributed by atoms with Crippen molar-refractivity contribution in [1.29, 1.82) is 0 Å². The molecule has 19 heavy (non-hydrogen) atoms. The van der Waals surface area contributed by atoms with Gasteiger partial charge in [-0.3, -0.25) is 0 Å². The molecule has 0 bridgehead atoms. The molecule has 0 heteroatoms. The van der Waals surface area contributed by atoms with Crippen molar-refractivity contribution < 1.29 is 0 Å². The summed E-state index contributed by atoms with van der Waals surface area (Å²) < 4.78 is 0. The Morgan fingerprint density at radius 1 is 0.842 bits per heavy atom. The summed E-state index contributed by atoms with van der Waals surface area (Å²) in [6.07, 6.45) is 15.6. The van der Waals surface area contributed by atoms with E-state index in [9.17, 15) is 0 Å². The maximum Gasteiger partial charge on any atom is -0.00470 e. The largest absolute Gasteiger partial charge is 0.0654 e. The van der Waals surface area contributed by atoms with Gasteiger partial charge in [0.1, 0.15) is 0 Å². The number of benzene rings is 1. The van der Waals surface area contributed by atoms with Gasteiger partial charge in [-0.05, 0) is 30.2 Å². The highest BCUT2D eigenvalue weighted by atomic mass is 14.4. The van der Waals surface area contributed by atoms with Crippen LogP contribution in [0.2, 0.25) is 0 Å². The van der Waals surface area contributed by atoms with Gasteiger partial charge in [-0.2, -0.15) is 0 Å². The van der Waals surface area contributed by atoms with E-state index in [-0.39, 0.29) is 0 Å². The van der Waals surface area contributed by atoms with E-state index in [1.165, 1.54) is 70.6 Å². The van der Waals surface area contributed by atoms with Gasteiger partial charge in [0.2, 0.25) is 0 Å². The van der Waals surface area contributed by atoms with Crippen LogP contribution in [0.5, 0.6) is 0 Å². The molecule has 0 aromatic heterocycles. The molecule has 0 amide bonds. The van der Waals surface area contributed by atoms with Crippen LogP contribution in [-0.4, -0.2) is 0 Å². The highest BCUT2D eigenvalue weighted by molar-refractivity contribution is 5.25. The Hall–Kier alpha value is -0.780. The first-order valence-corrected chi connectivity index (χ1v) is 8.43. The number of hydrogen-bond acceptors (Lipinski definition) is 0. The van der Waals surface area contributed by atoms with Gasteiger partial charge in [0.05, 0.1) is 0 Å². The normalized spacial score (nSPS) is 18.4. The van der Waals surface area contributed by atoms with Crippen molar-refractivity contribution in [2.45, 2.75) is 83.0 Å². The molecule has 2 rings (SSSR count). The Labute approximate surface area is 119 Å². The van der Waals surface area contributed by atoms with Crippen LogP contribution in [0.15, 0.2) is 30.3 Å². The minimum absolute atomic E-state index is 0.520. The first-order valence-electron chi connectivity index (χ1n) is 8.43. The fraction of sp³-hybridized carbons (Fsp3) is 0.684. The summed E-state index contributed by atoms with van der Waals surface area (Å²) in [7, 11) is 0. The fourth-order valence-electron chi connectivity index (χ4n) is 3.77. The maximum absolute atomic E-state index is 2.37. The first-order chi connectivity index (χ1) is 9.37. The Balaban J connectivity index is 1.95. The number of hydrogen-bond donors (Lipinski definition) is 0. The third-order valence-corrected chi connectivity index (χ3v) is 4.96. The molecule has 0 unspecified atom stereocenters. The molecular weight excluding hydrogens is 228 g/mol. The predicted molar refractivity (Wildman–Crippen MR) is 84.6 cm³/mol. The van der Waals surface area contributed by atoms with Gasteiger partial charge in [0, 0.05) is 0 Å². The molecule has 106 valence electrons. The highest BCUT2D eigenvalue weighted by Gasteiger charge is 2.32. The molecule has 1 aromatic rings. The second-order valence-electron chi connectivity index (χ2n) is 6.37.